The highest BCUT2D eigenvalue weighted by atomic mass is 15.2. The topological polar surface area (TPSA) is 67.7 Å². The van der Waals surface area contributed by atoms with Crippen LogP contribution in [0.2, 0.25) is 0 Å². The van der Waals surface area contributed by atoms with Crippen molar-refractivity contribution in [2.45, 2.75) is 43.7 Å². The van der Waals surface area contributed by atoms with Gasteiger partial charge in [-0.1, -0.05) is 18.2 Å². The molecule has 2 aliphatic rings. The van der Waals surface area contributed by atoms with Crippen molar-refractivity contribution in [2.75, 3.05) is 11.9 Å². The van der Waals surface area contributed by atoms with Gasteiger partial charge in [-0.15, -0.1) is 0 Å². The zero-order valence-electron chi connectivity index (χ0n) is 14.2. The SMILES string of the molecule is c1ccc(-n2cnc3c(NC4CCNC5(CCC5)C4)ncnc32)cc1. The summed E-state index contributed by atoms with van der Waals surface area (Å²) in [7, 11) is 0. The van der Waals surface area contributed by atoms with Crippen molar-refractivity contribution in [3.8, 4) is 5.69 Å². The average Bonchev–Trinajstić information content (AvgIpc) is 3.07. The third kappa shape index (κ3) is 2.57. The van der Waals surface area contributed by atoms with E-state index in [-0.39, 0.29) is 0 Å². The lowest BCUT2D eigenvalue weighted by molar-refractivity contribution is 0.135. The number of nitrogens with one attached hydrogen (secondary N) is 2. The number of benzene rings is 1. The van der Waals surface area contributed by atoms with Crippen molar-refractivity contribution in [3.63, 3.8) is 0 Å². The zero-order chi connectivity index (χ0) is 16.7. The number of rotatable bonds is 3. The number of aromatic nitrogens is 4. The molecule has 2 fully saturated rings. The number of para-hydroxylation sites is 1. The van der Waals surface area contributed by atoms with Crippen molar-refractivity contribution in [1.29, 1.82) is 0 Å². The first-order valence-corrected chi connectivity index (χ1v) is 9.08. The van der Waals surface area contributed by atoms with Crippen LogP contribution in [0.25, 0.3) is 16.9 Å². The number of imidazole rings is 1. The molecule has 1 saturated heterocycles. The maximum Gasteiger partial charge on any atom is 0.170 e. The molecular weight excluding hydrogens is 312 g/mol. The molecule has 1 aromatic carbocycles. The van der Waals surface area contributed by atoms with E-state index in [1.807, 2.05) is 29.1 Å². The molecule has 5 rings (SSSR count). The predicted octanol–water partition coefficient (Wildman–Crippen LogP) is 2.90. The smallest absolute Gasteiger partial charge is 0.170 e. The number of nitrogens with zero attached hydrogens (tertiary/aromatic N) is 4. The molecule has 1 aliphatic carbocycles. The molecule has 6 heteroatoms. The third-order valence-electron chi connectivity index (χ3n) is 5.65. The van der Waals surface area contributed by atoms with Crippen LogP contribution in [0.3, 0.4) is 0 Å². The van der Waals surface area contributed by atoms with Gasteiger partial charge in [-0.05, 0) is 50.8 Å². The Labute approximate surface area is 146 Å². The molecule has 6 nitrogen and oxygen atoms in total. The van der Waals surface area contributed by atoms with Crippen molar-refractivity contribution in [2.24, 2.45) is 0 Å². The minimum atomic E-state index is 0.367. The summed E-state index contributed by atoms with van der Waals surface area (Å²) in [4.78, 5) is 13.5. The van der Waals surface area contributed by atoms with Gasteiger partial charge >= 0.3 is 0 Å². The van der Waals surface area contributed by atoms with Crippen LogP contribution in [-0.2, 0) is 0 Å². The van der Waals surface area contributed by atoms with Gasteiger partial charge in [0.05, 0.1) is 0 Å². The maximum atomic E-state index is 4.59. The molecule has 1 saturated carbocycles. The number of hydrogen-bond acceptors (Lipinski definition) is 5. The molecule has 0 amide bonds. The first kappa shape index (κ1) is 14.8. The van der Waals surface area contributed by atoms with Gasteiger partial charge in [0.25, 0.3) is 0 Å². The third-order valence-corrected chi connectivity index (χ3v) is 5.65. The Morgan fingerprint density at radius 1 is 1.12 bits per heavy atom. The second-order valence-electron chi connectivity index (χ2n) is 7.24. The number of anilines is 1. The van der Waals surface area contributed by atoms with E-state index in [4.69, 9.17) is 0 Å². The van der Waals surface area contributed by atoms with Gasteiger partial charge < -0.3 is 10.6 Å². The van der Waals surface area contributed by atoms with Crippen LogP contribution in [-0.4, -0.2) is 37.6 Å². The Hall–Kier alpha value is -2.47. The Morgan fingerprint density at radius 3 is 2.80 bits per heavy atom. The van der Waals surface area contributed by atoms with E-state index in [2.05, 4.69) is 37.7 Å². The summed E-state index contributed by atoms with van der Waals surface area (Å²) < 4.78 is 2.01. The van der Waals surface area contributed by atoms with E-state index in [9.17, 15) is 0 Å². The maximum absolute atomic E-state index is 4.59. The molecule has 0 radical (unpaired) electrons. The van der Waals surface area contributed by atoms with Gasteiger partial charge in [-0.3, -0.25) is 4.57 Å². The fourth-order valence-corrected chi connectivity index (χ4v) is 4.18. The van der Waals surface area contributed by atoms with E-state index in [1.165, 1.54) is 19.3 Å². The highest BCUT2D eigenvalue weighted by Crippen LogP contribution is 2.39. The molecule has 2 aromatic heterocycles. The second-order valence-corrected chi connectivity index (χ2v) is 7.24. The lowest BCUT2D eigenvalue weighted by Crippen LogP contribution is -2.58. The van der Waals surface area contributed by atoms with Crippen LogP contribution in [0.15, 0.2) is 43.0 Å². The highest BCUT2D eigenvalue weighted by Gasteiger charge is 2.41. The van der Waals surface area contributed by atoms with Crippen LogP contribution in [0.5, 0.6) is 0 Å². The van der Waals surface area contributed by atoms with E-state index in [1.54, 1.807) is 6.33 Å². The molecule has 0 bridgehead atoms. The van der Waals surface area contributed by atoms with Crippen LogP contribution in [0.1, 0.15) is 32.1 Å². The van der Waals surface area contributed by atoms with Gasteiger partial charge in [0.15, 0.2) is 17.0 Å². The molecule has 128 valence electrons. The van der Waals surface area contributed by atoms with Gasteiger partial charge in [-0.2, -0.15) is 0 Å². The van der Waals surface area contributed by atoms with Crippen LogP contribution in [0, 0.1) is 0 Å². The van der Waals surface area contributed by atoms with Crippen molar-refractivity contribution < 1.29 is 0 Å². The minimum absolute atomic E-state index is 0.367. The summed E-state index contributed by atoms with van der Waals surface area (Å²) in [5.41, 5.74) is 3.11. The standard InChI is InChI=1S/C19H22N6/c1-2-5-15(6-3-1)25-13-22-16-17(20-12-21-18(16)25)24-14-7-10-23-19(11-14)8-4-9-19/h1-3,5-6,12-14,23H,4,7-11H2,(H,20,21,24). The molecule has 1 spiro atoms. The van der Waals surface area contributed by atoms with Gasteiger partial charge in [0.1, 0.15) is 12.7 Å². The first-order valence-electron chi connectivity index (χ1n) is 9.08. The average molecular weight is 334 g/mol. The highest BCUT2D eigenvalue weighted by molar-refractivity contribution is 5.84. The summed E-state index contributed by atoms with van der Waals surface area (Å²) in [6.07, 6.45) is 9.69. The summed E-state index contributed by atoms with van der Waals surface area (Å²) in [5.74, 6) is 0.848. The Bertz CT molecular complexity index is 883. The Balaban J connectivity index is 1.45. The second kappa shape index (κ2) is 5.81. The fourth-order valence-electron chi connectivity index (χ4n) is 4.18. The summed E-state index contributed by atoms with van der Waals surface area (Å²) >= 11 is 0. The molecule has 3 aromatic rings. The van der Waals surface area contributed by atoms with E-state index in [0.29, 0.717) is 11.6 Å². The molecule has 1 atom stereocenters. The van der Waals surface area contributed by atoms with Crippen molar-refractivity contribution >= 4 is 17.0 Å². The van der Waals surface area contributed by atoms with Gasteiger partial charge in [0, 0.05) is 17.3 Å². The molecular formula is C19H22N6. The lowest BCUT2D eigenvalue weighted by Gasteiger charge is -2.48. The van der Waals surface area contributed by atoms with E-state index >= 15 is 0 Å². The van der Waals surface area contributed by atoms with Crippen molar-refractivity contribution in [3.05, 3.63) is 43.0 Å². The largest absolute Gasteiger partial charge is 0.365 e. The monoisotopic (exact) mass is 334 g/mol. The van der Waals surface area contributed by atoms with E-state index < -0.39 is 0 Å². The molecule has 2 N–H and O–H groups in total. The van der Waals surface area contributed by atoms with Gasteiger partial charge in [0.2, 0.25) is 0 Å². The number of piperidine rings is 1. The van der Waals surface area contributed by atoms with Crippen LogP contribution < -0.4 is 10.6 Å². The molecule has 1 unspecified atom stereocenters. The number of fused-ring (bicyclic) bond motifs is 1. The normalized spacial score (nSPS) is 22.0. The van der Waals surface area contributed by atoms with Gasteiger partial charge in [-0.25, -0.2) is 15.0 Å². The van der Waals surface area contributed by atoms with Crippen molar-refractivity contribution in [1.82, 2.24) is 24.8 Å². The molecule has 1 aliphatic heterocycles. The quantitative estimate of drug-likeness (QED) is 0.771. The predicted molar refractivity (Wildman–Crippen MR) is 97.9 cm³/mol. The number of hydrogen-bond donors (Lipinski definition) is 2. The van der Waals surface area contributed by atoms with E-state index in [0.717, 1.165) is 42.1 Å². The fraction of sp³-hybridized carbons (Fsp3) is 0.421. The minimum Gasteiger partial charge on any atom is -0.365 e. The zero-order valence-corrected chi connectivity index (χ0v) is 14.2. The van der Waals surface area contributed by atoms with Crippen LogP contribution >= 0.6 is 0 Å². The first-order chi connectivity index (χ1) is 12.3. The summed E-state index contributed by atoms with van der Waals surface area (Å²) in [6.45, 7) is 1.07. The summed E-state index contributed by atoms with van der Waals surface area (Å²) in [6, 6.07) is 10.6. The molecule has 25 heavy (non-hydrogen) atoms. The Kier molecular flexibility index (Phi) is 3.45. The van der Waals surface area contributed by atoms with Crippen LogP contribution in [0.4, 0.5) is 5.82 Å². The summed E-state index contributed by atoms with van der Waals surface area (Å²) in [5, 5.41) is 7.36. The Morgan fingerprint density at radius 2 is 2.00 bits per heavy atom. The molecule has 3 heterocycles. The lowest BCUT2D eigenvalue weighted by atomic mass is 9.70.